The van der Waals surface area contributed by atoms with E-state index in [0.717, 1.165) is 26.3 Å². The number of anilines is 1. The molecule has 0 aliphatic rings. The fourth-order valence-corrected chi connectivity index (χ4v) is 2.37. The van der Waals surface area contributed by atoms with Crippen LogP contribution in [0.4, 0.5) is 5.69 Å². The molecule has 0 saturated heterocycles. The van der Waals surface area contributed by atoms with Crippen molar-refractivity contribution in [3.8, 4) is 0 Å². The average molecular weight is 306 g/mol. The van der Waals surface area contributed by atoms with Gasteiger partial charge in [0, 0.05) is 10.0 Å². The van der Waals surface area contributed by atoms with Crippen molar-refractivity contribution in [1.29, 1.82) is 0 Å². The van der Waals surface area contributed by atoms with Crippen LogP contribution in [0.3, 0.4) is 0 Å². The van der Waals surface area contributed by atoms with Gasteiger partial charge in [-0.3, -0.25) is 0 Å². The van der Waals surface area contributed by atoms with Crippen molar-refractivity contribution < 1.29 is 0 Å². The molecule has 2 aromatic rings. The van der Waals surface area contributed by atoms with Gasteiger partial charge in [0.2, 0.25) is 0 Å². The van der Waals surface area contributed by atoms with E-state index in [1.54, 1.807) is 0 Å². The van der Waals surface area contributed by atoms with Crippen molar-refractivity contribution in [1.82, 2.24) is 0 Å². The van der Waals surface area contributed by atoms with E-state index >= 15 is 0 Å². The Labute approximate surface area is 115 Å². The first-order chi connectivity index (χ1) is 8.18. The maximum Gasteiger partial charge on any atom is 0.111 e. The molecule has 0 atom stereocenters. The Kier molecular flexibility index (Phi) is 3.92. The van der Waals surface area contributed by atoms with Gasteiger partial charge in [-0.05, 0) is 34.5 Å². The lowest BCUT2D eigenvalue weighted by Gasteiger charge is -2.12. The number of aryl methyl sites for hydroxylation is 1. The van der Waals surface area contributed by atoms with Crippen LogP contribution in [0.15, 0.2) is 53.0 Å². The third-order valence-corrected chi connectivity index (χ3v) is 3.50. The minimum absolute atomic E-state index is 0.737. The summed E-state index contributed by atoms with van der Waals surface area (Å²) in [5.74, 6) is 0. The molecule has 0 aromatic heterocycles. The number of thiocarbonyl (C=S) groups is 1. The first-order valence-electron chi connectivity index (χ1n) is 5.30. The van der Waals surface area contributed by atoms with Gasteiger partial charge in [-0.25, -0.2) is 0 Å². The maximum atomic E-state index is 5.39. The summed E-state index contributed by atoms with van der Waals surface area (Å²) in [6.07, 6.45) is 0. The SMILES string of the molecule is Cc1cccc(Br)c1NC(=S)c1ccccc1. The molecule has 0 saturated carbocycles. The smallest absolute Gasteiger partial charge is 0.111 e. The summed E-state index contributed by atoms with van der Waals surface area (Å²) in [7, 11) is 0. The van der Waals surface area contributed by atoms with E-state index in [0.29, 0.717) is 0 Å². The van der Waals surface area contributed by atoms with Gasteiger partial charge < -0.3 is 5.32 Å². The molecule has 0 heterocycles. The van der Waals surface area contributed by atoms with Crippen molar-refractivity contribution in [2.45, 2.75) is 6.92 Å². The van der Waals surface area contributed by atoms with Crippen LogP contribution in [-0.4, -0.2) is 4.99 Å². The minimum atomic E-state index is 0.737. The summed E-state index contributed by atoms with van der Waals surface area (Å²) >= 11 is 8.92. The van der Waals surface area contributed by atoms with Gasteiger partial charge in [-0.2, -0.15) is 0 Å². The number of halogens is 1. The lowest BCUT2D eigenvalue weighted by molar-refractivity contribution is 1.44. The highest BCUT2D eigenvalue weighted by atomic mass is 79.9. The molecule has 0 fully saturated rings. The van der Waals surface area contributed by atoms with Crippen LogP contribution >= 0.6 is 28.1 Å². The monoisotopic (exact) mass is 305 g/mol. The number of rotatable bonds is 2. The van der Waals surface area contributed by atoms with Gasteiger partial charge in [-0.1, -0.05) is 54.7 Å². The zero-order chi connectivity index (χ0) is 12.3. The second-order valence-corrected chi connectivity index (χ2v) is 5.01. The van der Waals surface area contributed by atoms with Crippen LogP contribution in [0.5, 0.6) is 0 Å². The van der Waals surface area contributed by atoms with Crippen LogP contribution in [0, 0.1) is 6.92 Å². The standard InChI is InChI=1S/C14H12BrNS/c1-10-6-5-9-12(15)13(10)16-14(17)11-7-3-2-4-8-11/h2-9H,1H3,(H,16,17). The third-order valence-electron chi connectivity index (χ3n) is 2.50. The largest absolute Gasteiger partial charge is 0.345 e. The third kappa shape index (κ3) is 2.93. The van der Waals surface area contributed by atoms with Gasteiger partial charge in [0.25, 0.3) is 0 Å². The van der Waals surface area contributed by atoms with E-state index in [2.05, 4.69) is 34.2 Å². The predicted molar refractivity (Wildman–Crippen MR) is 80.6 cm³/mol. The summed E-state index contributed by atoms with van der Waals surface area (Å²) in [5, 5.41) is 3.28. The highest BCUT2D eigenvalue weighted by Gasteiger charge is 2.06. The lowest BCUT2D eigenvalue weighted by Crippen LogP contribution is -2.11. The van der Waals surface area contributed by atoms with E-state index in [1.807, 2.05) is 42.5 Å². The van der Waals surface area contributed by atoms with Gasteiger partial charge in [0.1, 0.15) is 4.99 Å². The molecule has 3 heteroatoms. The van der Waals surface area contributed by atoms with Gasteiger partial charge in [-0.15, -0.1) is 0 Å². The molecule has 2 rings (SSSR count). The molecule has 86 valence electrons. The number of hydrogen-bond donors (Lipinski definition) is 1. The molecule has 0 amide bonds. The predicted octanol–water partition coefficient (Wildman–Crippen LogP) is 4.55. The van der Waals surface area contributed by atoms with Gasteiger partial charge in [0.15, 0.2) is 0 Å². The number of para-hydroxylation sites is 1. The Bertz CT molecular complexity index is 517. The quantitative estimate of drug-likeness (QED) is 0.817. The summed E-state index contributed by atoms with van der Waals surface area (Å²) in [4.78, 5) is 0.737. The molecule has 0 aliphatic carbocycles. The van der Waals surface area contributed by atoms with Gasteiger partial charge >= 0.3 is 0 Å². The number of nitrogens with one attached hydrogen (secondary N) is 1. The Morgan fingerprint density at radius 3 is 2.41 bits per heavy atom. The van der Waals surface area contributed by atoms with E-state index < -0.39 is 0 Å². The molecule has 0 radical (unpaired) electrons. The Hall–Kier alpha value is -1.19. The van der Waals surface area contributed by atoms with Crippen molar-refractivity contribution in [2.75, 3.05) is 5.32 Å². The minimum Gasteiger partial charge on any atom is -0.345 e. The highest BCUT2D eigenvalue weighted by molar-refractivity contribution is 9.10. The molecule has 0 bridgehead atoms. The molecular formula is C14H12BrNS. The zero-order valence-electron chi connectivity index (χ0n) is 9.41. The topological polar surface area (TPSA) is 12.0 Å². The van der Waals surface area contributed by atoms with Crippen molar-refractivity contribution >= 4 is 38.8 Å². The van der Waals surface area contributed by atoms with Crippen LogP contribution in [0.25, 0.3) is 0 Å². The Morgan fingerprint density at radius 2 is 1.76 bits per heavy atom. The molecule has 0 aliphatic heterocycles. The molecule has 0 spiro atoms. The van der Waals surface area contributed by atoms with Gasteiger partial charge in [0.05, 0.1) is 5.69 Å². The first-order valence-corrected chi connectivity index (χ1v) is 6.50. The average Bonchev–Trinajstić information content (AvgIpc) is 2.35. The summed E-state index contributed by atoms with van der Waals surface area (Å²) in [6, 6.07) is 16.0. The van der Waals surface area contributed by atoms with Crippen molar-refractivity contribution in [3.63, 3.8) is 0 Å². The number of benzene rings is 2. The zero-order valence-corrected chi connectivity index (χ0v) is 11.8. The normalized spacial score (nSPS) is 10.0. The second-order valence-electron chi connectivity index (χ2n) is 3.75. The summed E-state index contributed by atoms with van der Waals surface area (Å²) < 4.78 is 1.02. The molecule has 1 nitrogen and oxygen atoms in total. The highest BCUT2D eigenvalue weighted by Crippen LogP contribution is 2.26. The maximum absolute atomic E-state index is 5.39. The molecular weight excluding hydrogens is 294 g/mol. The van der Waals surface area contributed by atoms with Crippen molar-refractivity contribution in [2.24, 2.45) is 0 Å². The van der Waals surface area contributed by atoms with E-state index in [-0.39, 0.29) is 0 Å². The molecule has 1 N–H and O–H groups in total. The molecule has 0 unspecified atom stereocenters. The molecule has 2 aromatic carbocycles. The van der Waals surface area contributed by atoms with Crippen molar-refractivity contribution in [3.05, 3.63) is 64.1 Å². The lowest BCUT2D eigenvalue weighted by atomic mass is 10.2. The van der Waals surface area contributed by atoms with E-state index in [4.69, 9.17) is 12.2 Å². The Balaban J connectivity index is 2.25. The summed E-state index contributed by atoms with van der Waals surface area (Å²) in [5.41, 5.74) is 3.22. The van der Waals surface area contributed by atoms with Crippen LogP contribution in [0.1, 0.15) is 11.1 Å². The first kappa shape index (κ1) is 12.3. The van der Waals surface area contributed by atoms with Crippen LogP contribution in [0.2, 0.25) is 0 Å². The second kappa shape index (κ2) is 5.43. The summed E-state index contributed by atoms with van der Waals surface area (Å²) in [6.45, 7) is 2.06. The number of hydrogen-bond acceptors (Lipinski definition) is 1. The van der Waals surface area contributed by atoms with Crippen LogP contribution in [-0.2, 0) is 0 Å². The fraction of sp³-hybridized carbons (Fsp3) is 0.0714. The Morgan fingerprint density at radius 1 is 1.06 bits per heavy atom. The van der Waals surface area contributed by atoms with E-state index in [9.17, 15) is 0 Å². The van der Waals surface area contributed by atoms with E-state index in [1.165, 1.54) is 0 Å². The van der Waals surface area contributed by atoms with Crippen LogP contribution < -0.4 is 5.32 Å². The fourth-order valence-electron chi connectivity index (χ4n) is 1.57. The molecule has 17 heavy (non-hydrogen) atoms.